The van der Waals surface area contributed by atoms with E-state index in [9.17, 15) is 9.50 Å². The first-order valence-corrected chi connectivity index (χ1v) is 7.50. The number of rotatable bonds is 2. The van der Waals surface area contributed by atoms with Crippen LogP contribution < -0.4 is 4.90 Å². The number of aryl methyl sites for hydroxylation is 1. The highest BCUT2D eigenvalue weighted by Crippen LogP contribution is 2.34. The molecular weight excluding hydrogens is 265 g/mol. The van der Waals surface area contributed by atoms with Gasteiger partial charge in [0.1, 0.15) is 5.82 Å². The Labute approximate surface area is 124 Å². The number of hydrogen-bond acceptors (Lipinski definition) is 2. The third kappa shape index (κ3) is 2.79. The van der Waals surface area contributed by atoms with E-state index in [0.29, 0.717) is 11.3 Å². The molecule has 1 N–H and O–H groups in total. The van der Waals surface area contributed by atoms with Gasteiger partial charge in [-0.15, -0.1) is 0 Å². The molecule has 0 amide bonds. The lowest BCUT2D eigenvalue weighted by atomic mass is 10.1. The molecule has 110 valence electrons. The lowest BCUT2D eigenvalue weighted by Crippen LogP contribution is -2.19. The number of anilines is 2. The Morgan fingerprint density at radius 1 is 1.10 bits per heavy atom. The zero-order valence-corrected chi connectivity index (χ0v) is 12.2. The summed E-state index contributed by atoms with van der Waals surface area (Å²) in [6.45, 7) is 2.47. The largest absolute Gasteiger partial charge is 0.389 e. The standard InChI is InChI=1S/C18H20FNO/c1-13(21)15-9-10-18(16(19)12-15)20-11-5-4-7-14-6-2-3-8-17(14)20/h2-3,6,8-10,12-13,21H,4-5,7,11H2,1H3/t13-/m0/s1. The molecule has 1 aliphatic rings. The number of hydrogen-bond donors (Lipinski definition) is 1. The highest BCUT2D eigenvalue weighted by atomic mass is 19.1. The number of para-hydroxylation sites is 1. The molecule has 21 heavy (non-hydrogen) atoms. The molecule has 2 aromatic rings. The Bertz CT molecular complexity index is 639. The zero-order chi connectivity index (χ0) is 14.8. The van der Waals surface area contributed by atoms with Gasteiger partial charge in [-0.25, -0.2) is 4.39 Å². The third-order valence-electron chi connectivity index (χ3n) is 4.11. The van der Waals surface area contributed by atoms with Crippen molar-refractivity contribution in [2.45, 2.75) is 32.3 Å². The quantitative estimate of drug-likeness (QED) is 0.886. The molecule has 1 heterocycles. The van der Waals surface area contributed by atoms with Crippen molar-refractivity contribution >= 4 is 11.4 Å². The molecule has 1 atom stereocenters. The van der Waals surface area contributed by atoms with Crippen molar-refractivity contribution < 1.29 is 9.50 Å². The predicted molar refractivity (Wildman–Crippen MR) is 83.4 cm³/mol. The minimum absolute atomic E-state index is 0.273. The normalized spacial score (nSPS) is 16.2. The summed E-state index contributed by atoms with van der Waals surface area (Å²) in [5.41, 5.74) is 3.57. The van der Waals surface area contributed by atoms with Crippen LogP contribution in [0.4, 0.5) is 15.8 Å². The number of benzene rings is 2. The average Bonchev–Trinajstić information content (AvgIpc) is 2.69. The molecule has 0 bridgehead atoms. The van der Waals surface area contributed by atoms with Crippen LogP contribution in [-0.2, 0) is 6.42 Å². The third-order valence-corrected chi connectivity index (χ3v) is 4.11. The number of halogens is 1. The molecule has 0 aromatic heterocycles. The van der Waals surface area contributed by atoms with E-state index in [1.165, 1.54) is 11.6 Å². The first-order chi connectivity index (χ1) is 10.2. The van der Waals surface area contributed by atoms with Gasteiger partial charge < -0.3 is 10.0 Å². The summed E-state index contributed by atoms with van der Waals surface area (Å²) < 4.78 is 14.5. The maximum absolute atomic E-state index is 14.5. The number of nitrogens with zero attached hydrogens (tertiary/aromatic N) is 1. The van der Waals surface area contributed by atoms with Crippen molar-refractivity contribution in [2.24, 2.45) is 0 Å². The second-order valence-electron chi connectivity index (χ2n) is 5.62. The maximum atomic E-state index is 14.5. The summed E-state index contributed by atoms with van der Waals surface area (Å²) in [7, 11) is 0. The van der Waals surface area contributed by atoms with E-state index in [0.717, 1.165) is 31.5 Å². The van der Waals surface area contributed by atoms with E-state index in [-0.39, 0.29) is 5.82 Å². The molecule has 2 aromatic carbocycles. The van der Waals surface area contributed by atoms with Crippen molar-refractivity contribution in [3.8, 4) is 0 Å². The SMILES string of the molecule is C[C@H](O)c1ccc(N2CCCCc3ccccc32)c(F)c1. The van der Waals surface area contributed by atoms with Crippen LogP contribution in [0.2, 0.25) is 0 Å². The molecule has 0 saturated carbocycles. The van der Waals surface area contributed by atoms with Gasteiger partial charge in [-0.1, -0.05) is 24.3 Å². The predicted octanol–water partition coefficient (Wildman–Crippen LogP) is 4.35. The molecule has 0 unspecified atom stereocenters. The monoisotopic (exact) mass is 285 g/mol. The molecule has 1 aliphatic heterocycles. The van der Waals surface area contributed by atoms with Gasteiger partial charge in [0, 0.05) is 12.2 Å². The fourth-order valence-corrected chi connectivity index (χ4v) is 2.94. The summed E-state index contributed by atoms with van der Waals surface area (Å²) in [4.78, 5) is 2.06. The summed E-state index contributed by atoms with van der Waals surface area (Å²) >= 11 is 0. The average molecular weight is 285 g/mol. The van der Waals surface area contributed by atoms with Crippen molar-refractivity contribution in [3.05, 3.63) is 59.4 Å². The van der Waals surface area contributed by atoms with Gasteiger partial charge in [0.25, 0.3) is 0 Å². The van der Waals surface area contributed by atoms with Gasteiger partial charge in [0.2, 0.25) is 0 Å². The Morgan fingerprint density at radius 3 is 2.67 bits per heavy atom. The van der Waals surface area contributed by atoms with Crippen LogP contribution in [0.1, 0.15) is 37.0 Å². The van der Waals surface area contributed by atoms with Crippen LogP contribution in [0.15, 0.2) is 42.5 Å². The molecule has 3 heteroatoms. The number of fused-ring (bicyclic) bond motifs is 1. The first-order valence-electron chi connectivity index (χ1n) is 7.50. The second-order valence-corrected chi connectivity index (χ2v) is 5.62. The number of aliphatic hydroxyl groups excluding tert-OH is 1. The Hall–Kier alpha value is -1.87. The van der Waals surface area contributed by atoms with Crippen LogP contribution >= 0.6 is 0 Å². The van der Waals surface area contributed by atoms with Crippen molar-refractivity contribution in [3.63, 3.8) is 0 Å². The lowest BCUT2D eigenvalue weighted by molar-refractivity contribution is 0.199. The van der Waals surface area contributed by atoms with Gasteiger partial charge in [-0.05, 0) is 55.5 Å². The van der Waals surface area contributed by atoms with E-state index >= 15 is 0 Å². The van der Waals surface area contributed by atoms with E-state index in [4.69, 9.17) is 0 Å². The highest BCUT2D eigenvalue weighted by Gasteiger charge is 2.19. The maximum Gasteiger partial charge on any atom is 0.147 e. The van der Waals surface area contributed by atoms with E-state index in [1.807, 2.05) is 12.1 Å². The van der Waals surface area contributed by atoms with Crippen LogP contribution in [-0.4, -0.2) is 11.7 Å². The van der Waals surface area contributed by atoms with Gasteiger partial charge in [-0.2, -0.15) is 0 Å². The van der Waals surface area contributed by atoms with Crippen LogP contribution in [0.25, 0.3) is 0 Å². The van der Waals surface area contributed by atoms with E-state index in [1.54, 1.807) is 19.1 Å². The summed E-state index contributed by atoms with van der Waals surface area (Å²) in [6.07, 6.45) is 2.57. The zero-order valence-electron chi connectivity index (χ0n) is 12.2. The fraction of sp³-hybridized carbons (Fsp3) is 0.333. The molecule has 2 nitrogen and oxygen atoms in total. The Balaban J connectivity index is 2.04. The molecule has 3 rings (SSSR count). The first kappa shape index (κ1) is 14.1. The summed E-state index contributed by atoms with van der Waals surface area (Å²) in [6, 6.07) is 13.2. The van der Waals surface area contributed by atoms with Gasteiger partial charge >= 0.3 is 0 Å². The topological polar surface area (TPSA) is 23.5 Å². The molecule has 0 spiro atoms. The van der Waals surface area contributed by atoms with E-state index < -0.39 is 6.10 Å². The van der Waals surface area contributed by atoms with Crippen LogP contribution in [0.3, 0.4) is 0 Å². The molecule has 0 radical (unpaired) electrons. The minimum Gasteiger partial charge on any atom is -0.389 e. The summed E-state index contributed by atoms with van der Waals surface area (Å²) in [5.74, 6) is -0.273. The van der Waals surface area contributed by atoms with Crippen LogP contribution in [0, 0.1) is 5.82 Å². The van der Waals surface area contributed by atoms with Gasteiger partial charge in [0.05, 0.1) is 11.8 Å². The smallest absolute Gasteiger partial charge is 0.147 e. The van der Waals surface area contributed by atoms with Gasteiger partial charge in [0.15, 0.2) is 0 Å². The van der Waals surface area contributed by atoms with Crippen molar-refractivity contribution in [1.82, 2.24) is 0 Å². The number of aliphatic hydroxyl groups is 1. The highest BCUT2D eigenvalue weighted by molar-refractivity contribution is 5.67. The molecule has 0 aliphatic carbocycles. The Morgan fingerprint density at radius 2 is 1.90 bits per heavy atom. The summed E-state index contributed by atoms with van der Waals surface area (Å²) in [5, 5.41) is 9.57. The second kappa shape index (κ2) is 5.86. The molecule has 0 fully saturated rings. The molecular formula is C18H20FNO. The van der Waals surface area contributed by atoms with Gasteiger partial charge in [-0.3, -0.25) is 0 Å². The molecule has 0 saturated heterocycles. The van der Waals surface area contributed by atoms with Crippen molar-refractivity contribution in [2.75, 3.05) is 11.4 Å². The van der Waals surface area contributed by atoms with Crippen molar-refractivity contribution in [1.29, 1.82) is 0 Å². The van der Waals surface area contributed by atoms with Crippen LogP contribution in [0.5, 0.6) is 0 Å². The lowest BCUT2D eigenvalue weighted by Gasteiger charge is -2.26. The Kier molecular flexibility index (Phi) is 3.93. The van der Waals surface area contributed by atoms with E-state index in [2.05, 4.69) is 17.0 Å². The fourth-order valence-electron chi connectivity index (χ4n) is 2.94. The minimum atomic E-state index is -0.648.